The molecule has 4 nitrogen and oxygen atoms in total. The molecule has 2 rings (SSSR count). The van der Waals surface area contributed by atoms with E-state index in [-0.39, 0.29) is 5.54 Å². The molecule has 0 saturated carbocycles. The van der Waals surface area contributed by atoms with E-state index in [4.69, 9.17) is 0 Å². The average Bonchev–Trinajstić information content (AvgIpc) is 2.63. The summed E-state index contributed by atoms with van der Waals surface area (Å²) in [6.45, 7) is 9.40. The predicted molar refractivity (Wildman–Crippen MR) is 78.2 cm³/mol. The number of para-hydroxylation sites is 2. The summed E-state index contributed by atoms with van der Waals surface area (Å²) in [5.74, 6) is 0.941. The van der Waals surface area contributed by atoms with Crippen LogP contribution in [0.3, 0.4) is 0 Å². The molecule has 19 heavy (non-hydrogen) atoms. The van der Waals surface area contributed by atoms with Gasteiger partial charge in [-0.1, -0.05) is 12.1 Å². The second kappa shape index (κ2) is 5.31. The van der Waals surface area contributed by atoms with Crippen LogP contribution in [0.25, 0.3) is 11.0 Å². The normalized spacial score (nSPS) is 13.9. The first-order chi connectivity index (χ1) is 8.87. The summed E-state index contributed by atoms with van der Waals surface area (Å²) in [7, 11) is 0. The molecule has 0 amide bonds. The SMILES string of the molecule is Cc1nc2ccccc2n1CC(O)CNC(C)(C)C. The van der Waals surface area contributed by atoms with Gasteiger partial charge in [0.15, 0.2) is 0 Å². The summed E-state index contributed by atoms with van der Waals surface area (Å²) < 4.78 is 2.07. The van der Waals surface area contributed by atoms with Crippen LogP contribution in [0.2, 0.25) is 0 Å². The number of aliphatic hydroxyl groups excluding tert-OH is 1. The topological polar surface area (TPSA) is 50.1 Å². The maximum absolute atomic E-state index is 10.2. The molecule has 1 atom stereocenters. The summed E-state index contributed by atoms with van der Waals surface area (Å²) in [5, 5.41) is 13.5. The molecule has 1 heterocycles. The number of aryl methyl sites for hydroxylation is 1. The van der Waals surface area contributed by atoms with Gasteiger partial charge in [-0.05, 0) is 39.8 Å². The molecular formula is C15H23N3O. The Bertz CT molecular complexity index is 554. The third kappa shape index (κ3) is 3.55. The van der Waals surface area contributed by atoms with Gasteiger partial charge in [0.05, 0.1) is 23.7 Å². The minimum atomic E-state index is -0.421. The van der Waals surface area contributed by atoms with Crippen LogP contribution in [0.15, 0.2) is 24.3 Å². The van der Waals surface area contributed by atoms with Crippen molar-refractivity contribution >= 4 is 11.0 Å². The molecule has 2 aromatic rings. The van der Waals surface area contributed by atoms with Gasteiger partial charge < -0.3 is 15.0 Å². The lowest BCUT2D eigenvalue weighted by Crippen LogP contribution is -2.42. The maximum atomic E-state index is 10.2. The van der Waals surface area contributed by atoms with E-state index in [1.807, 2.05) is 31.2 Å². The number of fused-ring (bicyclic) bond motifs is 1. The minimum Gasteiger partial charge on any atom is -0.390 e. The highest BCUT2D eigenvalue weighted by atomic mass is 16.3. The van der Waals surface area contributed by atoms with Crippen LogP contribution >= 0.6 is 0 Å². The smallest absolute Gasteiger partial charge is 0.106 e. The molecule has 0 fully saturated rings. The van der Waals surface area contributed by atoms with Crippen LogP contribution in [-0.4, -0.2) is 32.8 Å². The van der Waals surface area contributed by atoms with Crippen molar-refractivity contribution < 1.29 is 5.11 Å². The van der Waals surface area contributed by atoms with Gasteiger partial charge in [0.2, 0.25) is 0 Å². The van der Waals surface area contributed by atoms with E-state index in [1.54, 1.807) is 0 Å². The second-order valence-electron chi connectivity index (χ2n) is 6.04. The van der Waals surface area contributed by atoms with E-state index in [2.05, 4.69) is 35.6 Å². The van der Waals surface area contributed by atoms with Gasteiger partial charge in [0.1, 0.15) is 5.82 Å². The highest BCUT2D eigenvalue weighted by Crippen LogP contribution is 2.15. The molecule has 0 radical (unpaired) electrons. The zero-order valence-corrected chi connectivity index (χ0v) is 12.1. The first kappa shape index (κ1) is 14.0. The zero-order valence-electron chi connectivity index (χ0n) is 12.1. The van der Waals surface area contributed by atoms with Gasteiger partial charge in [-0.3, -0.25) is 0 Å². The molecule has 2 N–H and O–H groups in total. The van der Waals surface area contributed by atoms with Crippen molar-refractivity contribution in [3.05, 3.63) is 30.1 Å². The summed E-state index contributed by atoms with van der Waals surface area (Å²) in [6.07, 6.45) is -0.421. The second-order valence-corrected chi connectivity index (χ2v) is 6.04. The van der Waals surface area contributed by atoms with Gasteiger partial charge >= 0.3 is 0 Å². The monoisotopic (exact) mass is 261 g/mol. The molecule has 0 bridgehead atoms. The van der Waals surface area contributed by atoms with E-state index in [1.165, 1.54) is 0 Å². The third-order valence-electron chi connectivity index (χ3n) is 3.11. The molecular weight excluding hydrogens is 238 g/mol. The first-order valence-corrected chi connectivity index (χ1v) is 6.72. The lowest BCUT2D eigenvalue weighted by molar-refractivity contribution is 0.142. The molecule has 1 aromatic carbocycles. The minimum absolute atomic E-state index is 0.0209. The Kier molecular flexibility index (Phi) is 3.92. The van der Waals surface area contributed by atoms with Crippen LogP contribution in [0.5, 0.6) is 0 Å². The highest BCUT2D eigenvalue weighted by Gasteiger charge is 2.14. The van der Waals surface area contributed by atoms with Crippen LogP contribution in [0.4, 0.5) is 0 Å². The Morgan fingerprint density at radius 2 is 2.00 bits per heavy atom. The number of aromatic nitrogens is 2. The van der Waals surface area contributed by atoms with Gasteiger partial charge in [-0.15, -0.1) is 0 Å². The quantitative estimate of drug-likeness (QED) is 0.886. The van der Waals surface area contributed by atoms with E-state index in [9.17, 15) is 5.11 Å². The van der Waals surface area contributed by atoms with E-state index < -0.39 is 6.10 Å². The molecule has 4 heteroatoms. The Morgan fingerprint density at radius 3 is 2.68 bits per heavy atom. The fraction of sp³-hybridized carbons (Fsp3) is 0.533. The van der Waals surface area contributed by atoms with Crippen LogP contribution in [0.1, 0.15) is 26.6 Å². The number of imidazole rings is 1. The van der Waals surface area contributed by atoms with Gasteiger partial charge in [0.25, 0.3) is 0 Å². The molecule has 0 aliphatic heterocycles. The molecule has 104 valence electrons. The number of nitrogens with one attached hydrogen (secondary N) is 1. The molecule has 0 aliphatic rings. The lowest BCUT2D eigenvalue weighted by atomic mass is 10.1. The largest absolute Gasteiger partial charge is 0.390 e. The first-order valence-electron chi connectivity index (χ1n) is 6.72. The highest BCUT2D eigenvalue weighted by molar-refractivity contribution is 5.75. The molecule has 0 saturated heterocycles. The van der Waals surface area contributed by atoms with E-state index >= 15 is 0 Å². The van der Waals surface area contributed by atoms with E-state index in [0.29, 0.717) is 13.1 Å². The van der Waals surface area contributed by atoms with Gasteiger partial charge in [0, 0.05) is 12.1 Å². The fourth-order valence-corrected chi connectivity index (χ4v) is 2.13. The third-order valence-corrected chi connectivity index (χ3v) is 3.11. The standard InChI is InChI=1S/C15H23N3O/c1-11-17-13-7-5-6-8-14(13)18(11)10-12(19)9-16-15(2,3)4/h5-8,12,16,19H,9-10H2,1-4H3. The van der Waals surface area contributed by atoms with Crippen molar-refractivity contribution in [3.63, 3.8) is 0 Å². The lowest BCUT2D eigenvalue weighted by Gasteiger charge is -2.23. The van der Waals surface area contributed by atoms with Crippen molar-refractivity contribution in [3.8, 4) is 0 Å². The van der Waals surface area contributed by atoms with Crippen molar-refractivity contribution in [2.24, 2.45) is 0 Å². The van der Waals surface area contributed by atoms with Crippen molar-refractivity contribution in [1.82, 2.24) is 14.9 Å². The Morgan fingerprint density at radius 1 is 1.32 bits per heavy atom. The number of rotatable bonds is 4. The Balaban J connectivity index is 2.10. The Hall–Kier alpha value is -1.39. The number of β-amino-alcohol motifs (C(OH)–C–C–N with tert-alkyl or cyclic N) is 1. The number of hydrogen-bond donors (Lipinski definition) is 2. The van der Waals surface area contributed by atoms with Gasteiger partial charge in [-0.2, -0.15) is 0 Å². The number of nitrogens with zero attached hydrogens (tertiary/aromatic N) is 2. The van der Waals surface area contributed by atoms with Crippen LogP contribution < -0.4 is 5.32 Å². The maximum Gasteiger partial charge on any atom is 0.106 e. The van der Waals surface area contributed by atoms with Gasteiger partial charge in [-0.25, -0.2) is 4.98 Å². The summed E-state index contributed by atoms with van der Waals surface area (Å²) in [4.78, 5) is 4.51. The summed E-state index contributed by atoms with van der Waals surface area (Å²) in [6, 6.07) is 8.02. The van der Waals surface area contributed by atoms with Crippen LogP contribution in [0, 0.1) is 6.92 Å². The summed E-state index contributed by atoms with van der Waals surface area (Å²) >= 11 is 0. The Labute approximate surface area is 114 Å². The van der Waals surface area contributed by atoms with Crippen molar-refractivity contribution in [2.75, 3.05) is 6.54 Å². The van der Waals surface area contributed by atoms with Crippen LogP contribution in [-0.2, 0) is 6.54 Å². The molecule has 0 aliphatic carbocycles. The molecule has 1 unspecified atom stereocenters. The predicted octanol–water partition coefficient (Wildman–Crippen LogP) is 2.09. The number of aliphatic hydroxyl groups is 1. The average molecular weight is 261 g/mol. The number of benzene rings is 1. The molecule has 0 spiro atoms. The number of hydrogen-bond acceptors (Lipinski definition) is 3. The van der Waals surface area contributed by atoms with Crippen molar-refractivity contribution in [1.29, 1.82) is 0 Å². The van der Waals surface area contributed by atoms with Crippen molar-refractivity contribution in [2.45, 2.75) is 45.9 Å². The molecule has 1 aromatic heterocycles. The fourth-order valence-electron chi connectivity index (χ4n) is 2.13. The van der Waals surface area contributed by atoms with E-state index in [0.717, 1.165) is 16.9 Å². The zero-order chi connectivity index (χ0) is 14.0. The summed E-state index contributed by atoms with van der Waals surface area (Å²) in [5.41, 5.74) is 2.08.